The third-order valence-electron chi connectivity index (χ3n) is 3.85. The average Bonchev–Trinajstić information content (AvgIpc) is 2.90. The van der Waals surface area contributed by atoms with Crippen LogP contribution in [0.25, 0.3) is 10.8 Å². The first kappa shape index (κ1) is 15.2. The van der Waals surface area contributed by atoms with Crippen LogP contribution in [0.4, 0.5) is 0 Å². The number of rotatable bonds is 4. The molecule has 23 heavy (non-hydrogen) atoms. The largest absolute Gasteiger partial charge is 0.379 e. The number of carbonyl (C=O) groups excluding carboxylic acids is 1. The van der Waals surface area contributed by atoms with Gasteiger partial charge in [0.2, 0.25) is 5.60 Å². The maximum atomic E-state index is 12.3. The van der Waals surface area contributed by atoms with E-state index in [-0.39, 0.29) is 11.5 Å². The summed E-state index contributed by atoms with van der Waals surface area (Å²) < 4.78 is 1.35. The maximum absolute atomic E-state index is 12.3. The van der Waals surface area contributed by atoms with E-state index in [1.807, 2.05) is 25.1 Å². The van der Waals surface area contributed by atoms with Crippen LogP contribution in [0.1, 0.15) is 20.3 Å². The Bertz CT molecular complexity index is 843. The summed E-state index contributed by atoms with van der Waals surface area (Å²) in [7, 11) is 0. The summed E-state index contributed by atoms with van der Waals surface area (Å²) >= 11 is 0. The number of nitrogens with zero attached hydrogens (tertiary/aromatic N) is 3. The van der Waals surface area contributed by atoms with Crippen molar-refractivity contribution in [2.45, 2.75) is 32.4 Å². The number of nitrogens with one attached hydrogen (secondary N) is 1. The molecular weight excluding hydrogens is 296 g/mol. The maximum Gasteiger partial charge on any atom is 0.274 e. The van der Waals surface area contributed by atoms with Crippen LogP contribution in [-0.4, -0.2) is 33.5 Å². The van der Waals surface area contributed by atoms with E-state index in [9.17, 15) is 9.59 Å². The highest BCUT2D eigenvalue weighted by Gasteiger charge is 2.40. The molecule has 1 atom stereocenters. The molecule has 0 fully saturated rings. The van der Waals surface area contributed by atoms with Gasteiger partial charge in [-0.05, 0) is 19.9 Å². The van der Waals surface area contributed by atoms with Crippen LogP contribution in [0.15, 0.2) is 40.4 Å². The normalized spacial score (nSPS) is 20.2. The molecule has 7 heteroatoms. The molecule has 1 amide bonds. The molecule has 0 unspecified atom stereocenters. The van der Waals surface area contributed by atoms with Crippen LogP contribution in [0, 0.1) is 0 Å². The highest BCUT2D eigenvalue weighted by Crippen LogP contribution is 2.23. The number of oxime groups is 1. The fourth-order valence-corrected chi connectivity index (χ4v) is 2.60. The molecule has 1 aliphatic heterocycles. The van der Waals surface area contributed by atoms with Crippen LogP contribution in [0.5, 0.6) is 0 Å². The molecule has 1 aromatic heterocycles. The van der Waals surface area contributed by atoms with Crippen molar-refractivity contribution in [3.05, 3.63) is 40.8 Å². The van der Waals surface area contributed by atoms with E-state index in [2.05, 4.69) is 15.6 Å². The number of carbonyl (C=O) groups is 1. The first-order chi connectivity index (χ1) is 11.0. The van der Waals surface area contributed by atoms with Gasteiger partial charge in [-0.25, -0.2) is 4.68 Å². The minimum absolute atomic E-state index is 0.167. The van der Waals surface area contributed by atoms with Crippen molar-refractivity contribution in [3.8, 4) is 0 Å². The monoisotopic (exact) mass is 314 g/mol. The lowest BCUT2D eigenvalue weighted by Gasteiger charge is -2.20. The lowest BCUT2D eigenvalue weighted by molar-refractivity contribution is -0.141. The molecule has 7 nitrogen and oxygen atoms in total. The van der Waals surface area contributed by atoms with E-state index in [0.717, 1.165) is 11.1 Å². The molecule has 120 valence electrons. The van der Waals surface area contributed by atoms with Gasteiger partial charge in [0.15, 0.2) is 0 Å². The first-order valence-electron chi connectivity index (χ1n) is 7.44. The molecule has 2 heterocycles. The van der Waals surface area contributed by atoms with E-state index in [4.69, 9.17) is 4.84 Å². The quantitative estimate of drug-likeness (QED) is 0.914. The van der Waals surface area contributed by atoms with Crippen molar-refractivity contribution in [1.29, 1.82) is 0 Å². The summed E-state index contributed by atoms with van der Waals surface area (Å²) in [6.45, 7) is 4.10. The second-order valence-electron chi connectivity index (χ2n) is 5.84. The fraction of sp³-hybridized carbons (Fsp3) is 0.375. The lowest BCUT2D eigenvalue weighted by atomic mass is 9.99. The Morgan fingerprint density at radius 1 is 1.43 bits per heavy atom. The minimum atomic E-state index is -0.966. The van der Waals surface area contributed by atoms with Gasteiger partial charge in [0.1, 0.15) is 0 Å². The SMILES string of the molecule is CC1=NO[C@@](C)(C(=O)NCCn2ncc3ccccc3c2=O)C1. The van der Waals surface area contributed by atoms with Crippen molar-refractivity contribution in [2.75, 3.05) is 6.54 Å². The lowest BCUT2D eigenvalue weighted by Crippen LogP contribution is -2.46. The topological polar surface area (TPSA) is 85.6 Å². The van der Waals surface area contributed by atoms with Crippen LogP contribution in [0.2, 0.25) is 0 Å². The Morgan fingerprint density at radius 2 is 2.22 bits per heavy atom. The third kappa shape index (κ3) is 2.94. The molecular formula is C16H18N4O3. The van der Waals surface area contributed by atoms with Gasteiger partial charge < -0.3 is 10.2 Å². The number of fused-ring (bicyclic) bond motifs is 1. The highest BCUT2D eigenvalue weighted by atomic mass is 16.7. The summed E-state index contributed by atoms with van der Waals surface area (Å²) in [5.74, 6) is -0.244. The zero-order valence-electron chi connectivity index (χ0n) is 13.1. The molecule has 0 bridgehead atoms. The first-order valence-corrected chi connectivity index (χ1v) is 7.44. The van der Waals surface area contributed by atoms with Gasteiger partial charge in [-0.1, -0.05) is 23.4 Å². The molecule has 1 aliphatic rings. The van der Waals surface area contributed by atoms with Gasteiger partial charge in [-0.15, -0.1) is 0 Å². The van der Waals surface area contributed by atoms with Crippen molar-refractivity contribution < 1.29 is 9.63 Å². The van der Waals surface area contributed by atoms with E-state index >= 15 is 0 Å². The summed E-state index contributed by atoms with van der Waals surface area (Å²) in [5.41, 5.74) is -0.346. The third-order valence-corrected chi connectivity index (χ3v) is 3.85. The second-order valence-corrected chi connectivity index (χ2v) is 5.84. The Hall–Kier alpha value is -2.70. The van der Waals surface area contributed by atoms with E-state index in [0.29, 0.717) is 24.9 Å². The molecule has 2 aromatic rings. The molecule has 1 N–H and O–H groups in total. The summed E-state index contributed by atoms with van der Waals surface area (Å²) in [6, 6.07) is 7.29. The van der Waals surface area contributed by atoms with Crippen LogP contribution in [-0.2, 0) is 16.2 Å². The number of aromatic nitrogens is 2. The van der Waals surface area contributed by atoms with Crippen LogP contribution < -0.4 is 10.9 Å². The minimum Gasteiger partial charge on any atom is -0.379 e. The number of benzene rings is 1. The predicted octanol–water partition coefficient (Wildman–Crippen LogP) is 1.07. The zero-order valence-corrected chi connectivity index (χ0v) is 13.1. The van der Waals surface area contributed by atoms with Gasteiger partial charge in [-0.3, -0.25) is 9.59 Å². The van der Waals surface area contributed by atoms with Crippen molar-refractivity contribution in [3.63, 3.8) is 0 Å². The second kappa shape index (κ2) is 5.83. The van der Waals surface area contributed by atoms with Gasteiger partial charge >= 0.3 is 0 Å². The number of hydrogen-bond acceptors (Lipinski definition) is 5. The summed E-state index contributed by atoms with van der Waals surface area (Å²) in [5, 5.41) is 12.1. The number of hydrogen-bond donors (Lipinski definition) is 1. The highest BCUT2D eigenvalue weighted by molar-refractivity contribution is 5.94. The van der Waals surface area contributed by atoms with Crippen molar-refractivity contribution >= 4 is 22.4 Å². The Kier molecular flexibility index (Phi) is 3.85. The molecule has 0 aliphatic carbocycles. The Morgan fingerprint density at radius 3 is 2.96 bits per heavy atom. The van der Waals surface area contributed by atoms with Gasteiger partial charge in [-0.2, -0.15) is 5.10 Å². The van der Waals surface area contributed by atoms with E-state index in [1.165, 1.54) is 4.68 Å². The van der Waals surface area contributed by atoms with E-state index in [1.54, 1.807) is 19.2 Å². The van der Waals surface area contributed by atoms with Crippen molar-refractivity contribution in [1.82, 2.24) is 15.1 Å². The Balaban J connectivity index is 1.64. The zero-order chi connectivity index (χ0) is 16.4. The molecule has 0 radical (unpaired) electrons. The van der Waals surface area contributed by atoms with Crippen LogP contribution >= 0.6 is 0 Å². The van der Waals surface area contributed by atoms with Gasteiger partial charge in [0.05, 0.1) is 23.8 Å². The average molecular weight is 314 g/mol. The molecule has 0 saturated carbocycles. The van der Waals surface area contributed by atoms with Crippen LogP contribution in [0.3, 0.4) is 0 Å². The smallest absolute Gasteiger partial charge is 0.274 e. The van der Waals surface area contributed by atoms with Gasteiger partial charge in [0.25, 0.3) is 11.5 Å². The van der Waals surface area contributed by atoms with E-state index < -0.39 is 5.60 Å². The van der Waals surface area contributed by atoms with Crippen molar-refractivity contribution in [2.24, 2.45) is 5.16 Å². The number of amides is 1. The van der Waals surface area contributed by atoms with Gasteiger partial charge in [0, 0.05) is 18.4 Å². The summed E-state index contributed by atoms with van der Waals surface area (Å²) in [4.78, 5) is 29.7. The molecule has 1 aromatic carbocycles. The molecule has 0 saturated heterocycles. The fourth-order valence-electron chi connectivity index (χ4n) is 2.60. The predicted molar refractivity (Wildman–Crippen MR) is 86.2 cm³/mol. The summed E-state index contributed by atoms with van der Waals surface area (Å²) in [6.07, 6.45) is 2.12. The Labute approximate surface area is 132 Å². The molecule has 0 spiro atoms. The standard InChI is InChI=1S/C16H18N4O3/c1-11-9-16(2,23-19-11)15(22)17-7-8-20-14(21)13-6-4-3-5-12(13)10-18-20/h3-6,10H,7-9H2,1-2H3,(H,17,22)/t16-/m1/s1. The molecule has 3 rings (SSSR count).